The maximum absolute atomic E-state index is 12.5. The monoisotopic (exact) mass is 392 g/mol. The Balaban J connectivity index is 1.42. The van der Waals surface area contributed by atoms with Crippen LogP contribution in [0, 0.1) is 0 Å². The van der Waals surface area contributed by atoms with Crippen LogP contribution in [0.2, 0.25) is 0 Å². The van der Waals surface area contributed by atoms with Crippen LogP contribution in [0.5, 0.6) is 5.75 Å². The molecule has 0 saturated carbocycles. The highest BCUT2D eigenvalue weighted by Crippen LogP contribution is 2.27. The zero-order valence-electron chi connectivity index (χ0n) is 17.6. The van der Waals surface area contributed by atoms with Crippen molar-refractivity contribution in [3.05, 3.63) is 24.3 Å². The fourth-order valence-electron chi connectivity index (χ4n) is 4.16. The van der Waals surface area contributed by atoms with E-state index in [-0.39, 0.29) is 11.4 Å². The highest BCUT2D eigenvalue weighted by molar-refractivity contribution is 5.76. The van der Waals surface area contributed by atoms with Gasteiger partial charge in [0.25, 0.3) is 5.91 Å². The minimum atomic E-state index is 0.0390. The van der Waals surface area contributed by atoms with E-state index in [0.29, 0.717) is 13.1 Å². The van der Waals surface area contributed by atoms with Gasteiger partial charge in [0.1, 0.15) is 24.4 Å². The fraction of sp³-hybridized carbons (Fsp3) is 0.667. The Morgan fingerprint density at radius 3 is 2.54 bits per heavy atom. The molecule has 28 heavy (non-hydrogen) atoms. The lowest BCUT2D eigenvalue weighted by molar-refractivity contribution is -0.954. The predicted octanol–water partition coefficient (Wildman–Crippen LogP) is -1.79. The molecule has 2 heterocycles. The Morgan fingerprint density at radius 2 is 1.86 bits per heavy atom. The van der Waals surface area contributed by atoms with Gasteiger partial charge in [0.15, 0.2) is 6.54 Å². The van der Waals surface area contributed by atoms with Crippen LogP contribution in [0.1, 0.15) is 13.8 Å². The summed E-state index contributed by atoms with van der Waals surface area (Å²) < 4.78 is 10.9. The van der Waals surface area contributed by atoms with Crippen LogP contribution in [-0.2, 0) is 9.53 Å². The van der Waals surface area contributed by atoms with Crippen LogP contribution in [-0.4, -0.2) is 84.1 Å². The first kappa shape index (κ1) is 20.9. The number of carbonyl (C=O) groups is 1. The number of benzene rings is 1. The van der Waals surface area contributed by atoms with Gasteiger partial charge in [0.05, 0.1) is 58.7 Å². The third-order valence-electron chi connectivity index (χ3n) is 6.09. The van der Waals surface area contributed by atoms with Gasteiger partial charge in [-0.1, -0.05) is 12.1 Å². The molecule has 0 radical (unpaired) electrons. The van der Waals surface area contributed by atoms with E-state index in [9.17, 15) is 4.79 Å². The molecule has 2 aliphatic heterocycles. The first-order chi connectivity index (χ1) is 13.5. The van der Waals surface area contributed by atoms with E-state index in [1.165, 1.54) is 9.80 Å². The molecule has 3 rings (SSSR count). The first-order valence-corrected chi connectivity index (χ1v) is 10.4. The van der Waals surface area contributed by atoms with Crippen molar-refractivity contribution in [1.82, 2.24) is 5.32 Å². The van der Waals surface area contributed by atoms with Crippen molar-refractivity contribution in [3.63, 3.8) is 0 Å². The summed E-state index contributed by atoms with van der Waals surface area (Å²) in [5.74, 6) is 1.07. The van der Waals surface area contributed by atoms with Gasteiger partial charge < -0.3 is 29.5 Å². The quantitative estimate of drug-likeness (QED) is 0.513. The number of piperazine rings is 1. The van der Waals surface area contributed by atoms with Crippen molar-refractivity contribution in [3.8, 4) is 5.75 Å². The molecule has 7 heteroatoms. The summed E-state index contributed by atoms with van der Waals surface area (Å²) in [6, 6.07) is 8.14. The number of hydrogen-bond donors (Lipinski definition) is 3. The summed E-state index contributed by atoms with van der Waals surface area (Å²) in [5.41, 5.74) is 1.18. The fourth-order valence-corrected chi connectivity index (χ4v) is 4.16. The van der Waals surface area contributed by atoms with Crippen LogP contribution >= 0.6 is 0 Å². The van der Waals surface area contributed by atoms with E-state index >= 15 is 0 Å². The second kappa shape index (κ2) is 9.58. The summed E-state index contributed by atoms with van der Waals surface area (Å²) >= 11 is 0. The molecule has 1 aromatic carbocycles. The van der Waals surface area contributed by atoms with Crippen molar-refractivity contribution in [2.45, 2.75) is 19.4 Å². The van der Waals surface area contributed by atoms with E-state index in [2.05, 4.69) is 30.1 Å². The first-order valence-electron chi connectivity index (χ1n) is 10.4. The van der Waals surface area contributed by atoms with E-state index in [4.69, 9.17) is 9.47 Å². The van der Waals surface area contributed by atoms with Gasteiger partial charge in [-0.3, -0.25) is 4.79 Å². The number of nitrogens with one attached hydrogen (secondary N) is 3. The zero-order chi connectivity index (χ0) is 20.0. The van der Waals surface area contributed by atoms with Gasteiger partial charge >= 0.3 is 0 Å². The third-order valence-corrected chi connectivity index (χ3v) is 6.09. The average molecular weight is 393 g/mol. The van der Waals surface area contributed by atoms with Gasteiger partial charge in [0, 0.05) is 0 Å². The molecule has 0 aromatic heterocycles. The zero-order valence-corrected chi connectivity index (χ0v) is 17.6. The third kappa shape index (κ3) is 5.37. The lowest BCUT2D eigenvalue weighted by Gasteiger charge is -2.38. The van der Waals surface area contributed by atoms with Crippen LogP contribution in [0.4, 0.5) is 5.69 Å². The average Bonchev–Trinajstić information content (AvgIpc) is 2.73. The van der Waals surface area contributed by atoms with Gasteiger partial charge in [0.2, 0.25) is 0 Å². The topological polar surface area (TPSA) is 59.7 Å². The van der Waals surface area contributed by atoms with Gasteiger partial charge in [-0.25, -0.2) is 0 Å². The molecular weight excluding hydrogens is 356 g/mol. The number of amides is 1. The molecule has 1 amide bonds. The number of carbonyl (C=O) groups excluding carboxylic acids is 1. The van der Waals surface area contributed by atoms with Crippen molar-refractivity contribution in [2.75, 3.05) is 77.6 Å². The molecule has 0 spiro atoms. The smallest absolute Gasteiger partial charge is 0.275 e. The molecular formula is C21H36N4O3+2. The molecule has 0 aliphatic carbocycles. The normalized spacial score (nSPS) is 19.5. The minimum Gasteiger partial charge on any atom is -0.495 e. The molecule has 156 valence electrons. The van der Waals surface area contributed by atoms with Crippen LogP contribution in [0.25, 0.3) is 0 Å². The maximum Gasteiger partial charge on any atom is 0.275 e. The minimum absolute atomic E-state index is 0.0390. The second-order valence-corrected chi connectivity index (χ2v) is 8.46. The van der Waals surface area contributed by atoms with Crippen molar-refractivity contribution in [2.24, 2.45) is 0 Å². The number of nitrogens with zero attached hydrogens (tertiary/aromatic N) is 1. The van der Waals surface area contributed by atoms with Crippen molar-refractivity contribution >= 4 is 11.6 Å². The standard InChI is InChI=1S/C21H34N4O3/c1-21(2,25-12-14-28-15-13-25)17-22-20(26)16-23-8-10-24(11-9-23)18-6-4-5-7-19(18)27-3/h4-7H,8-17H2,1-3H3,(H,22,26)/p+2. The lowest BCUT2D eigenvalue weighted by Crippen LogP contribution is -3.22. The van der Waals surface area contributed by atoms with E-state index in [0.717, 1.165) is 63.9 Å². The highest BCUT2D eigenvalue weighted by Gasteiger charge is 2.33. The molecule has 0 atom stereocenters. The van der Waals surface area contributed by atoms with Crippen LogP contribution < -0.4 is 24.8 Å². The maximum atomic E-state index is 12.5. The number of methoxy groups -OCH3 is 1. The number of quaternary nitrogens is 2. The summed E-state index contributed by atoms with van der Waals surface area (Å²) in [4.78, 5) is 17.7. The Kier molecular flexibility index (Phi) is 7.15. The largest absolute Gasteiger partial charge is 0.495 e. The van der Waals surface area contributed by atoms with Crippen LogP contribution in [0.3, 0.4) is 0 Å². The number of anilines is 1. The number of ether oxygens (including phenoxy) is 2. The van der Waals surface area contributed by atoms with E-state index in [1.54, 1.807) is 7.11 Å². The molecule has 3 N–H and O–H groups in total. The molecule has 7 nitrogen and oxygen atoms in total. The summed E-state index contributed by atoms with van der Waals surface area (Å²) in [5, 5.41) is 3.17. The summed E-state index contributed by atoms with van der Waals surface area (Å²) in [6.07, 6.45) is 0. The Bertz CT molecular complexity index is 638. The number of morpholine rings is 1. The van der Waals surface area contributed by atoms with Gasteiger partial charge in [-0.2, -0.15) is 0 Å². The predicted molar refractivity (Wildman–Crippen MR) is 109 cm³/mol. The lowest BCUT2D eigenvalue weighted by atomic mass is 10.0. The molecule has 0 unspecified atom stereocenters. The van der Waals surface area contributed by atoms with Crippen LogP contribution in [0.15, 0.2) is 24.3 Å². The Hall–Kier alpha value is -1.83. The Morgan fingerprint density at radius 1 is 1.18 bits per heavy atom. The van der Waals surface area contributed by atoms with Gasteiger partial charge in [-0.05, 0) is 26.0 Å². The summed E-state index contributed by atoms with van der Waals surface area (Å²) in [7, 11) is 1.71. The molecule has 2 fully saturated rings. The molecule has 2 aliphatic rings. The molecule has 0 bridgehead atoms. The van der Waals surface area contributed by atoms with Crippen molar-refractivity contribution in [1.29, 1.82) is 0 Å². The number of para-hydroxylation sites is 2. The highest BCUT2D eigenvalue weighted by atomic mass is 16.5. The van der Waals surface area contributed by atoms with Crippen molar-refractivity contribution < 1.29 is 24.1 Å². The number of hydrogen-bond acceptors (Lipinski definition) is 4. The molecule has 2 saturated heterocycles. The SMILES string of the molecule is COc1ccccc1N1CC[NH+](CC(=O)NCC(C)(C)[NH+]2CCOCC2)CC1. The summed E-state index contributed by atoms with van der Waals surface area (Å²) in [6.45, 7) is 13.2. The van der Waals surface area contributed by atoms with Gasteiger partial charge in [-0.15, -0.1) is 0 Å². The number of rotatable bonds is 7. The Labute approximate surface area is 168 Å². The van der Waals surface area contributed by atoms with E-state index in [1.807, 2.05) is 18.2 Å². The van der Waals surface area contributed by atoms with E-state index < -0.39 is 0 Å². The second-order valence-electron chi connectivity index (χ2n) is 8.46. The molecule has 1 aromatic rings.